The van der Waals surface area contributed by atoms with Gasteiger partial charge >= 0.3 is 0 Å². The molecule has 0 radical (unpaired) electrons. The molecule has 98 valence electrons. The molecule has 0 aromatic heterocycles. The van der Waals surface area contributed by atoms with Crippen LogP contribution in [0, 0.1) is 5.82 Å². The Morgan fingerprint density at radius 3 is 2.56 bits per heavy atom. The van der Waals surface area contributed by atoms with Crippen LogP contribution in [0.3, 0.4) is 0 Å². The van der Waals surface area contributed by atoms with Gasteiger partial charge in [-0.15, -0.1) is 0 Å². The van der Waals surface area contributed by atoms with E-state index in [0.29, 0.717) is 22.6 Å². The van der Waals surface area contributed by atoms with Crippen molar-refractivity contribution in [2.45, 2.75) is 43.8 Å². The second-order valence-electron chi connectivity index (χ2n) is 5.49. The fourth-order valence-electron chi connectivity index (χ4n) is 3.35. The number of rotatable bonds is 2. The quantitative estimate of drug-likeness (QED) is 0.897. The third-order valence-electron chi connectivity index (χ3n) is 4.39. The van der Waals surface area contributed by atoms with Gasteiger partial charge in [-0.2, -0.15) is 0 Å². The molecule has 3 rings (SSSR count). The molecule has 4 heteroatoms. The molecule has 0 amide bonds. The zero-order chi connectivity index (χ0) is 12.7. The minimum absolute atomic E-state index is 0.198. The highest BCUT2D eigenvalue weighted by Gasteiger charge is 2.38. The van der Waals surface area contributed by atoms with Gasteiger partial charge < -0.3 is 10.2 Å². The summed E-state index contributed by atoms with van der Waals surface area (Å²) in [4.78, 5) is 2.51. The average molecular weight is 313 g/mol. The summed E-state index contributed by atoms with van der Waals surface area (Å²) >= 11 is 3.18. The molecule has 1 N–H and O–H groups in total. The molecule has 1 aromatic carbocycles. The number of benzene rings is 1. The molecule has 2 aliphatic heterocycles. The van der Waals surface area contributed by atoms with Crippen LogP contribution in [0.4, 0.5) is 10.1 Å². The SMILES string of the molecule is CN1C2CCC1CC(Nc1ccc(Br)c(F)c1)C2. The Morgan fingerprint density at radius 2 is 1.94 bits per heavy atom. The molecule has 0 saturated carbocycles. The van der Waals surface area contributed by atoms with Crippen molar-refractivity contribution in [3.63, 3.8) is 0 Å². The van der Waals surface area contributed by atoms with E-state index in [0.717, 1.165) is 5.69 Å². The van der Waals surface area contributed by atoms with E-state index in [2.05, 4.69) is 33.2 Å². The van der Waals surface area contributed by atoms with E-state index < -0.39 is 0 Å². The summed E-state index contributed by atoms with van der Waals surface area (Å²) in [5, 5.41) is 3.48. The first kappa shape index (κ1) is 12.4. The molecule has 2 unspecified atom stereocenters. The van der Waals surface area contributed by atoms with Gasteiger partial charge in [0, 0.05) is 23.8 Å². The highest BCUT2D eigenvalue weighted by atomic mass is 79.9. The maximum absolute atomic E-state index is 13.5. The fraction of sp³-hybridized carbons (Fsp3) is 0.571. The molecule has 2 aliphatic rings. The van der Waals surface area contributed by atoms with Crippen LogP contribution in [0.2, 0.25) is 0 Å². The lowest BCUT2D eigenvalue weighted by atomic mass is 9.98. The second-order valence-corrected chi connectivity index (χ2v) is 6.35. The highest BCUT2D eigenvalue weighted by Crippen LogP contribution is 2.35. The topological polar surface area (TPSA) is 15.3 Å². The molecule has 2 heterocycles. The van der Waals surface area contributed by atoms with E-state index in [4.69, 9.17) is 0 Å². The summed E-state index contributed by atoms with van der Waals surface area (Å²) in [6, 6.07) is 7.18. The number of hydrogen-bond donors (Lipinski definition) is 1. The van der Waals surface area contributed by atoms with Crippen LogP contribution in [-0.4, -0.2) is 30.1 Å². The summed E-state index contributed by atoms with van der Waals surface area (Å²) in [6.45, 7) is 0. The molecule has 2 fully saturated rings. The van der Waals surface area contributed by atoms with Crippen molar-refractivity contribution < 1.29 is 4.39 Å². The Bertz CT molecular complexity index is 437. The molecule has 2 saturated heterocycles. The highest BCUT2D eigenvalue weighted by molar-refractivity contribution is 9.10. The first-order valence-electron chi connectivity index (χ1n) is 6.57. The van der Waals surface area contributed by atoms with Crippen molar-refractivity contribution in [1.82, 2.24) is 4.90 Å². The van der Waals surface area contributed by atoms with E-state index >= 15 is 0 Å². The number of halogens is 2. The lowest BCUT2D eigenvalue weighted by molar-refractivity contribution is 0.169. The molecule has 1 aromatic rings. The largest absolute Gasteiger partial charge is 0.382 e. The molecule has 0 aliphatic carbocycles. The number of piperidine rings is 1. The average Bonchev–Trinajstić information content (AvgIpc) is 2.58. The van der Waals surface area contributed by atoms with Gasteiger partial charge in [-0.1, -0.05) is 0 Å². The first-order valence-corrected chi connectivity index (χ1v) is 7.36. The van der Waals surface area contributed by atoms with E-state index in [9.17, 15) is 4.39 Å². The van der Waals surface area contributed by atoms with Crippen molar-refractivity contribution in [3.05, 3.63) is 28.5 Å². The van der Waals surface area contributed by atoms with Gasteiger partial charge in [0.05, 0.1) is 4.47 Å². The summed E-state index contributed by atoms with van der Waals surface area (Å²) in [7, 11) is 2.23. The summed E-state index contributed by atoms with van der Waals surface area (Å²) in [5.41, 5.74) is 0.893. The predicted molar refractivity (Wildman–Crippen MR) is 75.3 cm³/mol. The maximum atomic E-state index is 13.5. The van der Waals surface area contributed by atoms with Crippen molar-refractivity contribution in [3.8, 4) is 0 Å². The Morgan fingerprint density at radius 1 is 1.28 bits per heavy atom. The van der Waals surface area contributed by atoms with Gasteiger partial charge in [-0.25, -0.2) is 4.39 Å². The van der Waals surface area contributed by atoms with Crippen LogP contribution >= 0.6 is 15.9 Å². The van der Waals surface area contributed by atoms with Gasteiger partial charge in [0.25, 0.3) is 0 Å². The number of nitrogens with zero attached hydrogens (tertiary/aromatic N) is 1. The van der Waals surface area contributed by atoms with Crippen LogP contribution in [0.15, 0.2) is 22.7 Å². The van der Waals surface area contributed by atoms with Crippen molar-refractivity contribution in [2.24, 2.45) is 0 Å². The Kier molecular flexibility index (Phi) is 3.32. The second kappa shape index (κ2) is 4.82. The van der Waals surface area contributed by atoms with Crippen LogP contribution in [0.25, 0.3) is 0 Å². The standard InChI is InChI=1S/C14H18BrFN2/c1-18-11-3-4-12(18)7-10(6-11)17-9-2-5-13(15)14(16)8-9/h2,5,8,10-12,17H,3-4,6-7H2,1H3. The maximum Gasteiger partial charge on any atom is 0.139 e. The van der Waals surface area contributed by atoms with E-state index in [1.54, 1.807) is 12.1 Å². The van der Waals surface area contributed by atoms with Crippen molar-refractivity contribution in [1.29, 1.82) is 0 Å². The minimum Gasteiger partial charge on any atom is -0.382 e. The molecule has 18 heavy (non-hydrogen) atoms. The van der Waals surface area contributed by atoms with E-state index in [1.807, 2.05) is 6.07 Å². The van der Waals surface area contributed by atoms with Gasteiger partial charge in [-0.05, 0) is 66.9 Å². The molecular weight excluding hydrogens is 295 g/mol. The lowest BCUT2D eigenvalue weighted by Gasteiger charge is -2.37. The molecule has 0 spiro atoms. The molecule has 2 atom stereocenters. The molecule has 2 bridgehead atoms. The summed E-state index contributed by atoms with van der Waals surface area (Å²) in [5.74, 6) is -0.198. The Hall–Kier alpha value is -0.610. The predicted octanol–water partition coefficient (Wildman–Crippen LogP) is 3.63. The van der Waals surface area contributed by atoms with Crippen LogP contribution in [0.5, 0.6) is 0 Å². The number of hydrogen-bond acceptors (Lipinski definition) is 2. The van der Waals surface area contributed by atoms with Crippen LogP contribution in [-0.2, 0) is 0 Å². The molecular formula is C14H18BrFN2. The molecule has 2 nitrogen and oxygen atoms in total. The Balaban J connectivity index is 1.68. The van der Waals surface area contributed by atoms with Gasteiger partial charge in [0.1, 0.15) is 5.82 Å². The summed E-state index contributed by atoms with van der Waals surface area (Å²) in [6.07, 6.45) is 4.97. The lowest BCUT2D eigenvalue weighted by Crippen LogP contribution is -2.44. The van der Waals surface area contributed by atoms with Crippen LogP contribution < -0.4 is 5.32 Å². The van der Waals surface area contributed by atoms with E-state index in [-0.39, 0.29) is 5.82 Å². The zero-order valence-electron chi connectivity index (χ0n) is 10.5. The number of anilines is 1. The zero-order valence-corrected chi connectivity index (χ0v) is 12.1. The number of fused-ring (bicyclic) bond motifs is 2. The monoisotopic (exact) mass is 312 g/mol. The minimum atomic E-state index is -0.198. The van der Waals surface area contributed by atoms with Crippen molar-refractivity contribution in [2.75, 3.05) is 12.4 Å². The van der Waals surface area contributed by atoms with Gasteiger partial charge in [0.2, 0.25) is 0 Å². The smallest absolute Gasteiger partial charge is 0.139 e. The third kappa shape index (κ3) is 2.28. The van der Waals surface area contributed by atoms with Crippen molar-refractivity contribution >= 4 is 21.6 Å². The van der Waals surface area contributed by atoms with Crippen LogP contribution in [0.1, 0.15) is 25.7 Å². The van der Waals surface area contributed by atoms with E-state index in [1.165, 1.54) is 25.7 Å². The first-order chi connectivity index (χ1) is 8.63. The Labute approximate surface area is 116 Å². The van der Waals surface area contributed by atoms with Gasteiger partial charge in [0.15, 0.2) is 0 Å². The number of nitrogens with one attached hydrogen (secondary N) is 1. The summed E-state index contributed by atoms with van der Waals surface area (Å²) < 4.78 is 14.0. The normalized spacial score (nSPS) is 31.6. The fourth-order valence-corrected chi connectivity index (χ4v) is 3.60. The third-order valence-corrected chi connectivity index (χ3v) is 5.03. The van der Waals surface area contributed by atoms with Gasteiger partial charge in [-0.3, -0.25) is 0 Å².